The van der Waals surface area contributed by atoms with Crippen LogP contribution in [0.5, 0.6) is 0 Å². The van der Waals surface area contributed by atoms with Gasteiger partial charge in [-0.15, -0.1) is 0 Å². The molecule has 8 heteroatoms. The molecule has 1 unspecified atom stereocenters. The first kappa shape index (κ1) is 14.5. The maximum absolute atomic E-state index is 11.8. The number of benzene rings is 1. The van der Waals surface area contributed by atoms with Gasteiger partial charge in [-0.2, -0.15) is 8.42 Å². The lowest BCUT2D eigenvalue weighted by atomic mass is 10.1. The molecule has 0 aromatic heterocycles. The molecular formula is C12H13NO6S. The van der Waals surface area contributed by atoms with Crippen LogP contribution in [-0.2, 0) is 19.7 Å². The fraction of sp³-hybridized carbons (Fsp3) is 0.333. The van der Waals surface area contributed by atoms with Crippen LogP contribution in [0, 0.1) is 12.8 Å². The van der Waals surface area contributed by atoms with Crippen LogP contribution < -0.4 is 4.90 Å². The average molecular weight is 299 g/mol. The van der Waals surface area contributed by atoms with E-state index in [0.29, 0.717) is 5.56 Å². The minimum atomic E-state index is -4.39. The number of hydrogen-bond donors (Lipinski definition) is 2. The first-order valence-electron chi connectivity index (χ1n) is 5.81. The van der Waals surface area contributed by atoms with E-state index in [1.54, 1.807) is 0 Å². The van der Waals surface area contributed by atoms with Gasteiger partial charge in [0.1, 0.15) is 0 Å². The number of aliphatic carboxylic acids is 1. The van der Waals surface area contributed by atoms with Gasteiger partial charge in [0.05, 0.1) is 10.8 Å². The Hall–Kier alpha value is -1.93. The van der Waals surface area contributed by atoms with Crippen molar-refractivity contribution in [3.8, 4) is 0 Å². The standard InChI is InChI=1S/C12H13NO6S/c1-7-2-3-9(5-10(7)20(17,18)19)13-6-8(12(15)16)4-11(13)14/h2-3,5,8H,4,6H2,1H3,(H,15,16)(H,17,18,19). The van der Waals surface area contributed by atoms with Gasteiger partial charge in [-0.05, 0) is 24.6 Å². The normalized spacial score (nSPS) is 19.4. The predicted molar refractivity (Wildman–Crippen MR) is 69.1 cm³/mol. The Morgan fingerprint density at radius 2 is 2.05 bits per heavy atom. The summed E-state index contributed by atoms with van der Waals surface area (Å²) in [6, 6.07) is 4.15. The Labute approximate surface area is 115 Å². The Bertz CT molecular complexity index is 681. The van der Waals surface area contributed by atoms with Crippen LogP contribution in [0.15, 0.2) is 23.1 Å². The summed E-state index contributed by atoms with van der Waals surface area (Å²) in [6.45, 7) is 1.50. The van der Waals surface area contributed by atoms with E-state index >= 15 is 0 Å². The number of anilines is 1. The molecule has 7 nitrogen and oxygen atoms in total. The van der Waals surface area contributed by atoms with Crippen molar-refractivity contribution in [1.29, 1.82) is 0 Å². The number of hydrogen-bond acceptors (Lipinski definition) is 4. The van der Waals surface area contributed by atoms with Gasteiger partial charge in [-0.25, -0.2) is 0 Å². The molecule has 0 saturated carbocycles. The van der Waals surface area contributed by atoms with Crippen molar-refractivity contribution < 1.29 is 27.7 Å². The molecule has 0 bridgehead atoms. The van der Waals surface area contributed by atoms with Gasteiger partial charge in [-0.3, -0.25) is 14.1 Å². The molecule has 1 aromatic carbocycles. The van der Waals surface area contributed by atoms with Gasteiger partial charge in [0.15, 0.2) is 0 Å². The highest BCUT2D eigenvalue weighted by Crippen LogP contribution is 2.28. The molecule has 1 amide bonds. The lowest BCUT2D eigenvalue weighted by molar-refractivity contribution is -0.141. The van der Waals surface area contributed by atoms with Crippen LogP contribution in [0.3, 0.4) is 0 Å². The molecule has 1 aromatic rings. The number of carboxylic acids is 1. The first-order chi connectivity index (χ1) is 9.20. The third kappa shape index (κ3) is 2.66. The Morgan fingerprint density at radius 3 is 2.55 bits per heavy atom. The predicted octanol–water partition coefficient (Wildman–Crippen LogP) is 0.679. The minimum absolute atomic E-state index is 0.0118. The van der Waals surface area contributed by atoms with Gasteiger partial charge in [-0.1, -0.05) is 6.07 Å². The number of amides is 1. The molecular weight excluding hydrogens is 286 g/mol. The van der Waals surface area contributed by atoms with Crippen LogP contribution in [-0.4, -0.2) is 36.5 Å². The first-order valence-corrected chi connectivity index (χ1v) is 7.25. The summed E-state index contributed by atoms with van der Waals surface area (Å²) in [5, 5.41) is 8.91. The summed E-state index contributed by atoms with van der Waals surface area (Å²) >= 11 is 0. The molecule has 1 fully saturated rings. The van der Waals surface area contributed by atoms with Crippen molar-refractivity contribution in [1.82, 2.24) is 0 Å². The second-order valence-corrected chi connectivity index (χ2v) is 6.06. The van der Waals surface area contributed by atoms with Crippen molar-refractivity contribution in [2.45, 2.75) is 18.2 Å². The van der Waals surface area contributed by atoms with Crippen molar-refractivity contribution >= 4 is 27.7 Å². The third-order valence-corrected chi connectivity index (χ3v) is 4.23. The number of carbonyl (C=O) groups excluding carboxylic acids is 1. The van der Waals surface area contributed by atoms with E-state index in [1.807, 2.05) is 0 Å². The Morgan fingerprint density at radius 1 is 1.40 bits per heavy atom. The summed E-state index contributed by atoms with van der Waals surface area (Å²) in [5.74, 6) is -2.26. The fourth-order valence-corrected chi connectivity index (χ4v) is 2.90. The quantitative estimate of drug-likeness (QED) is 0.794. The van der Waals surface area contributed by atoms with Crippen LogP contribution in [0.25, 0.3) is 0 Å². The maximum atomic E-state index is 11.8. The van der Waals surface area contributed by atoms with E-state index in [9.17, 15) is 18.0 Å². The number of rotatable bonds is 3. The molecule has 0 spiro atoms. The van der Waals surface area contributed by atoms with Crippen LogP contribution in [0.2, 0.25) is 0 Å². The van der Waals surface area contributed by atoms with E-state index in [-0.39, 0.29) is 29.5 Å². The molecule has 1 saturated heterocycles. The highest BCUT2D eigenvalue weighted by Gasteiger charge is 2.35. The van der Waals surface area contributed by atoms with E-state index in [2.05, 4.69) is 0 Å². The lowest BCUT2D eigenvalue weighted by Crippen LogP contribution is -2.26. The SMILES string of the molecule is Cc1ccc(N2CC(C(=O)O)CC2=O)cc1S(=O)(=O)O. The molecule has 1 aliphatic heterocycles. The summed E-state index contributed by atoms with van der Waals surface area (Å²) in [4.78, 5) is 23.6. The zero-order valence-electron chi connectivity index (χ0n) is 10.6. The van der Waals surface area contributed by atoms with Crippen LogP contribution >= 0.6 is 0 Å². The molecule has 20 heavy (non-hydrogen) atoms. The largest absolute Gasteiger partial charge is 0.481 e. The van der Waals surface area contributed by atoms with Crippen molar-refractivity contribution in [2.75, 3.05) is 11.4 Å². The van der Waals surface area contributed by atoms with E-state index < -0.39 is 22.0 Å². The number of aryl methyl sites for hydroxylation is 1. The molecule has 0 aliphatic carbocycles. The van der Waals surface area contributed by atoms with E-state index in [0.717, 1.165) is 0 Å². The highest BCUT2D eigenvalue weighted by atomic mass is 32.2. The molecule has 2 rings (SSSR count). The summed E-state index contributed by atoms with van der Waals surface area (Å²) in [6.07, 6.45) is -0.121. The van der Waals surface area contributed by atoms with Gasteiger partial charge in [0.25, 0.3) is 10.1 Å². The molecule has 108 valence electrons. The zero-order chi connectivity index (χ0) is 15.1. The number of nitrogens with zero attached hydrogens (tertiary/aromatic N) is 1. The fourth-order valence-electron chi connectivity index (χ4n) is 2.16. The van der Waals surface area contributed by atoms with E-state index in [4.69, 9.17) is 9.66 Å². The molecule has 1 atom stereocenters. The smallest absolute Gasteiger partial charge is 0.308 e. The Balaban J connectivity index is 2.40. The highest BCUT2D eigenvalue weighted by molar-refractivity contribution is 7.85. The zero-order valence-corrected chi connectivity index (χ0v) is 11.4. The molecule has 0 radical (unpaired) electrons. The summed E-state index contributed by atoms with van der Waals surface area (Å²) < 4.78 is 31.6. The topological polar surface area (TPSA) is 112 Å². The number of carbonyl (C=O) groups is 2. The van der Waals surface area contributed by atoms with Crippen LogP contribution in [0.1, 0.15) is 12.0 Å². The summed E-state index contributed by atoms with van der Waals surface area (Å²) in [7, 11) is -4.39. The van der Waals surface area contributed by atoms with Gasteiger partial charge in [0, 0.05) is 18.7 Å². The van der Waals surface area contributed by atoms with Crippen molar-refractivity contribution in [3.05, 3.63) is 23.8 Å². The van der Waals surface area contributed by atoms with Gasteiger partial charge < -0.3 is 10.0 Å². The second kappa shape index (κ2) is 4.88. The van der Waals surface area contributed by atoms with Crippen LogP contribution in [0.4, 0.5) is 5.69 Å². The van der Waals surface area contributed by atoms with Gasteiger partial charge in [0.2, 0.25) is 5.91 Å². The molecule has 1 heterocycles. The summed E-state index contributed by atoms with van der Waals surface area (Å²) in [5.41, 5.74) is 0.606. The second-order valence-electron chi connectivity index (χ2n) is 4.67. The average Bonchev–Trinajstić information content (AvgIpc) is 2.71. The molecule has 2 N–H and O–H groups in total. The van der Waals surface area contributed by atoms with Gasteiger partial charge >= 0.3 is 5.97 Å². The van der Waals surface area contributed by atoms with E-state index in [1.165, 1.54) is 30.0 Å². The van der Waals surface area contributed by atoms with Crippen molar-refractivity contribution in [3.63, 3.8) is 0 Å². The van der Waals surface area contributed by atoms with Crippen molar-refractivity contribution in [2.24, 2.45) is 5.92 Å². The monoisotopic (exact) mass is 299 g/mol. The maximum Gasteiger partial charge on any atom is 0.308 e. The molecule has 1 aliphatic rings. The minimum Gasteiger partial charge on any atom is -0.481 e. The number of carboxylic acid groups (broad SMARTS) is 1. The lowest BCUT2D eigenvalue weighted by Gasteiger charge is -2.17. The third-order valence-electron chi connectivity index (χ3n) is 3.24. The Kier molecular flexibility index (Phi) is 3.53.